The molecule has 1 aromatic rings. The van der Waals surface area contributed by atoms with Crippen molar-refractivity contribution in [1.29, 1.82) is 0 Å². The summed E-state index contributed by atoms with van der Waals surface area (Å²) in [6.45, 7) is 4.30. The Morgan fingerprint density at radius 3 is 2.78 bits per heavy atom. The third kappa shape index (κ3) is 3.48. The van der Waals surface area contributed by atoms with Gasteiger partial charge in [-0.1, -0.05) is 19.4 Å². The van der Waals surface area contributed by atoms with Crippen LogP contribution in [-0.2, 0) is 0 Å². The van der Waals surface area contributed by atoms with Crippen LogP contribution >= 0.6 is 15.9 Å². The summed E-state index contributed by atoms with van der Waals surface area (Å²) >= 11 is 3.58. The van der Waals surface area contributed by atoms with Crippen molar-refractivity contribution in [3.63, 3.8) is 0 Å². The average Bonchev–Trinajstić information content (AvgIpc) is 2.31. The fourth-order valence-electron chi connectivity index (χ4n) is 2.56. The van der Waals surface area contributed by atoms with Gasteiger partial charge < -0.3 is 10.5 Å². The van der Waals surface area contributed by atoms with Gasteiger partial charge >= 0.3 is 0 Å². The molecule has 0 aromatic heterocycles. The van der Waals surface area contributed by atoms with E-state index >= 15 is 0 Å². The van der Waals surface area contributed by atoms with Gasteiger partial charge in [-0.2, -0.15) is 0 Å². The van der Waals surface area contributed by atoms with Crippen LogP contribution in [0.15, 0.2) is 22.7 Å². The lowest BCUT2D eigenvalue weighted by Crippen LogP contribution is -2.24. The molecule has 3 unspecified atom stereocenters. The monoisotopic (exact) mass is 311 g/mol. The van der Waals surface area contributed by atoms with Crippen molar-refractivity contribution < 1.29 is 4.74 Å². The molecule has 1 aromatic carbocycles. The number of nitrogens with two attached hydrogens (primary N) is 1. The first-order valence-corrected chi connectivity index (χ1v) is 7.57. The van der Waals surface area contributed by atoms with E-state index in [0.717, 1.165) is 21.7 Å². The fourth-order valence-corrected chi connectivity index (χ4v) is 3.05. The summed E-state index contributed by atoms with van der Waals surface area (Å²) in [4.78, 5) is 0. The van der Waals surface area contributed by atoms with Gasteiger partial charge in [0.05, 0.1) is 10.6 Å². The number of halogens is 1. The van der Waals surface area contributed by atoms with Crippen LogP contribution in [0.25, 0.3) is 0 Å². The molecule has 0 aliphatic heterocycles. The highest BCUT2D eigenvalue weighted by Crippen LogP contribution is 2.32. The predicted octanol–water partition coefficient (Wildman–Crippen LogP) is 4.43. The Morgan fingerprint density at radius 2 is 2.17 bits per heavy atom. The molecular weight excluding hydrogens is 290 g/mol. The normalized spacial score (nSPS) is 25.8. The van der Waals surface area contributed by atoms with E-state index in [1.807, 2.05) is 13.0 Å². The Bertz CT molecular complexity index is 405. The van der Waals surface area contributed by atoms with Crippen LogP contribution in [0.1, 0.15) is 51.1 Å². The predicted molar refractivity (Wildman–Crippen MR) is 78.8 cm³/mol. The first kappa shape index (κ1) is 13.9. The van der Waals surface area contributed by atoms with E-state index in [9.17, 15) is 0 Å². The van der Waals surface area contributed by atoms with Crippen LogP contribution in [0, 0.1) is 5.92 Å². The summed E-state index contributed by atoms with van der Waals surface area (Å²) in [6, 6.07) is 6.20. The molecule has 1 saturated carbocycles. The molecule has 3 atom stereocenters. The fraction of sp³-hybridized carbons (Fsp3) is 0.600. The molecule has 1 aliphatic carbocycles. The van der Waals surface area contributed by atoms with Crippen molar-refractivity contribution in [3.8, 4) is 5.75 Å². The Hall–Kier alpha value is -0.540. The zero-order valence-corrected chi connectivity index (χ0v) is 12.7. The van der Waals surface area contributed by atoms with Crippen molar-refractivity contribution in [2.24, 2.45) is 11.7 Å². The maximum absolute atomic E-state index is 6.10. The van der Waals surface area contributed by atoms with Crippen molar-refractivity contribution in [3.05, 3.63) is 28.2 Å². The summed E-state index contributed by atoms with van der Waals surface area (Å²) in [7, 11) is 0. The van der Waals surface area contributed by atoms with Crippen molar-refractivity contribution in [2.75, 3.05) is 0 Å². The molecule has 18 heavy (non-hydrogen) atoms. The lowest BCUT2D eigenvalue weighted by Gasteiger charge is -2.28. The number of hydrogen-bond acceptors (Lipinski definition) is 2. The minimum atomic E-state index is 0.0602. The zero-order chi connectivity index (χ0) is 13.1. The Morgan fingerprint density at radius 1 is 1.39 bits per heavy atom. The van der Waals surface area contributed by atoms with E-state index < -0.39 is 0 Å². The van der Waals surface area contributed by atoms with Crippen LogP contribution in [0.2, 0.25) is 0 Å². The van der Waals surface area contributed by atoms with Crippen molar-refractivity contribution >= 4 is 15.9 Å². The summed E-state index contributed by atoms with van der Waals surface area (Å²) in [5.74, 6) is 1.73. The standard InChI is InChI=1S/C15H22BrNO/c1-10-4-3-5-13(8-10)18-15-7-6-12(11(2)17)9-14(15)16/h6-7,9-11,13H,3-5,8,17H2,1-2H3. The van der Waals surface area contributed by atoms with E-state index in [1.54, 1.807) is 0 Å². The van der Waals surface area contributed by atoms with E-state index in [-0.39, 0.29) is 6.04 Å². The molecule has 1 fully saturated rings. The van der Waals surface area contributed by atoms with Crippen molar-refractivity contribution in [1.82, 2.24) is 0 Å². The number of benzene rings is 1. The summed E-state index contributed by atoms with van der Waals surface area (Å²) in [6.07, 6.45) is 5.32. The SMILES string of the molecule is CC1CCCC(Oc2ccc(C(C)N)cc2Br)C1. The zero-order valence-electron chi connectivity index (χ0n) is 11.2. The van der Waals surface area contributed by atoms with E-state index in [0.29, 0.717) is 6.10 Å². The third-order valence-corrected chi connectivity index (χ3v) is 4.28. The minimum Gasteiger partial charge on any atom is -0.489 e. The van der Waals surface area contributed by atoms with Gasteiger partial charge in [-0.3, -0.25) is 0 Å². The van der Waals surface area contributed by atoms with E-state index in [2.05, 4.69) is 35.0 Å². The maximum atomic E-state index is 6.10. The molecule has 0 bridgehead atoms. The first-order valence-electron chi connectivity index (χ1n) is 6.78. The minimum absolute atomic E-state index is 0.0602. The molecule has 100 valence electrons. The van der Waals surface area contributed by atoms with Crippen LogP contribution in [0.5, 0.6) is 5.75 Å². The summed E-state index contributed by atoms with van der Waals surface area (Å²) in [5, 5.41) is 0. The molecule has 0 spiro atoms. The largest absolute Gasteiger partial charge is 0.489 e. The molecule has 0 heterocycles. The van der Waals surface area contributed by atoms with E-state index in [1.165, 1.54) is 25.7 Å². The summed E-state index contributed by atoms with van der Waals surface area (Å²) in [5.41, 5.74) is 7.00. The van der Waals surface area contributed by atoms with Gasteiger partial charge in [-0.05, 0) is 65.7 Å². The molecular formula is C15H22BrNO. The Balaban J connectivity index is 2.05. The van der Waals surface area contributed by atoms with Gasteiger partial charge in [-0.25, -0.2) is 0 Å². The second-order valence-electron chi connectivity index (χ2n) is 5.49. The average molecular weight is 312 g/mol. The quantitative estimate of drug-likeness (QED) is 0.896. The molecule has 0 amide bonds. The molecule has 2 nitrogen and oxygen atoms in total. The lowest BCUT2D eigenvalue weighted by molar-refractivity contribution is 0.128. The number of rotatable bonds is 3. The lowest BCUT2D eigenvalue weighted by atomic mass is 9.89. The highest BCUT2D eigenvalue weighted by molar-refractivity contribution is 9.10. The molecule has 3 heteroatoms. The maximum Gasteiger partial charge on any atom is 0.133 e. The van der Waals surface area contributed by atoms with Crippen LogP contribution in [0.3, 0.4) is 0 Å². The molecule has 2 rings (SSSR count). The molecule has 0 radical (unpaired) electrons. The Kier molecular flexibility index (Phi) is 4.68. The second-order valence-corrected chi connectivity index (χ2v) is 6.34. The highest BCUT2D eigenvalue weighted by Gasteiger charge is 2.21. The molecule has 0 saturated heterocycles. The van der Waals surface area contributed by atoms with Gasteiger partial charge in [0.25, 0.3) is 0 Å². The van der Waals surface area contributed by atoms with Gasteiger partial charge in [-0.15, -0.1) is 0 Å². The first-order chi connectivity index (χ1) is 8.56. The van der Waals surface area contributed by atoms with Crippen LogP contribution < -0.4 is 10.5 Å². The third-order valence-electron chi connectivity index (χ3n) is 3.66. The van der Waals surface area contributed by atoms with Crippen LogP contribution in [-0.4, -0.2) is 6.10 Å². The van der Waals surface area contributed by atoms with Gasteiger partial charge in [0.2, 0.25) is 0 Å². The molecule has 2 N–H and O–H groups in total. The highest BCUT2D eigenvalue weighted by atomic mass is 79.9. The van der Waals surface area contributed by atoms with Crippen LogP contribution in [0.4, 0.5) is 0 Å². The second kappa shape index (κ2) is 6.07. The summed E-state index contributed by atoms with van der Waals surface area (Å²) < 4.78 is 7.11. The Labute approximate surface area is 118 Å². The van der Waals surface area contributed by atoms with Gasteiger partial charge in [0, 0.05) is 6.04 Å². The van der Waals surface area contributed by atoms with Crippen molar-refractivity contribution in [2.45, 2.75) is 51.7 Å². The van der Waals surface area contributed by atoms with Gasteiger partial charge in [0.15, 0.2) is 0 Å². The van der Waals surface area contributed by atoms with Gasteiger partial charge in [0.1, 0.15) is 5.75 Å². The van der Waals surface area contributed by atoms with E-state index in [4.69, 9.17) is 10.5 Å². The molecule has 1 aliphatic rings. The number of ether oxygens (including phenoxy) is 1. The number of hydrogen-bond donors (Lipinski definition) is 1. The topological polar surface area (TPSA) is 35.2 Å². The smallest absolute Gasteiger partial charge is 0.133 e.